The van der Waals surface area contributed by atoms with E-state index in [1.165, 1.54) is 0 Å². The van der Waals surface area contributed by atoms with Crippen LogP contribution in [0.2, 0.25) is 0 Å². The molecule has 0 amide bonds. The maximum atomic E-state index is 12.0. The Kier molecular flexibility index (Phi) is 9.99. The maximum Gasteiger partial charge on any atom is 0.411 e. The van der Waals surface area contributed by atoms with E-state index in [-0.39, 0.29) is 12.6 Å². The number of rotatable bonds is 10. The predicted molar refractivity (Wildman–Crippen MR) is 101 cm³/mol. The highest BCUT2D eigenvalue weighted by atomic mass is 19.4. The highest BCUT2D eigenvalue weighted by molar-refractivity contribution is 5.80. The van der Waals surface area contributed by atoms with Gasteiger partial charge in [-0.05, 0) is 37.0 Å². The number of alkyl halides is 3. The minimum Gasteiger partial charge on any atom is -0.493 e. The van der Waals surface area contributed by atoms with Gasteiger partial charge in [0.05, 0.1) is 12.6 Å². The number of halogens is 3. The summed E-state index contributed by atoms with van der Waals surface area (Å²) in [4.78, 5) is 4.13. The SMILES string of the molecule is CN=C(NCCCOCC(F)(F)F)NC(C)c1ccc(OCC(C)C)cc1. The first kappa shape index (κ1) is 23.1. The van der Waals surface area contributed by atoms with Crippen LogP contribution in [-0.4, -0.2) is 45.5 Å². The molecule has 27 heavy (non-hydrogen) atoms. The second-order valence-corrected chi connectivity index (χ2v) is 6.66. The van der Waals surface area contributed by atoms with Crippen LogP contribution in [-0.2, 0) is 4.74 Å². The molecule has 1 unspecified atom stereocenters. The second-order valence-electron chi connectivity index (χ2n) is 6.66. The van der Waals surface area contributed by atoms with Crippen LogP contribution in [0.3, 0.4) is 0 Å². The van der Waals surface area contributed by atoms with Crippen LogP contribution in [0.5, 0.6) is 5.75 Å². The molecule has 0 saturated heterocycles. The molecule has 1 aromatic carbocycles. The Bertz CT molecular complexity index is 560. The molecule has 0 heterocycles. The van der Waals surface area contributed by atoms with E-state index in [0.717, 1.165) is 11.3 Å². The van der Waals surface area contributed by atoms with Gasteiger partial charge in [0, 0.05) is 20.2 Å². The van der Waals surface area contributed by atoms with Gasteiger partial charge in [-0.2, -0.15) is 13.2 Å². The van der Waals surface area contributed by atoms with Crippen molar-refractivity contribution < 1.29 is 22.6 Å². The number of aliphatic imine (C=N–C) groups is 1. The minimum atomic E-state index is -4.28. The van der Waals surface area contributed by atoms with Gasteiger partial charge in [-0.1, -0.05) is 26.0 Å². The number of benzene rings is 1. The molecular weight excluding hydrogens is 359 g/mol. The van der Waals surface area contributed by atoms with Gasteiger partial charge in [-0.3, -0.25) is 4.99 Å². The van der Waals surface area contributed by atoms with Gasteiger partial charge < -0.3 is 20.1 Å². The van der Waals surface area contributed by atoms with Gasteiger partial charge >= 0.3 is 6.18 Å². The Labute approximate surface area is 159 Å². The average molecular weight is 389 g/mol. The number of hydrogen-bond donors (Lipinski definition) is 2. The number of nitrogens with zero attached hydrogens (tertiary/aromatic N) is 1. The molecule has 0 fully saturated rings. The Hall–Kier alpha value is -1.96. The molecule has 154 valence electrons. The monoisotopic (exact) mass is 389 g/mol. The third-order valence-electron chi connectivity index (χ3n) is 3.56. The van der Waals surface area contributed by atoms with Crippen molar-refractivity contribution in [1.82, 2.24) is 10.6 Å². The Morgan fingerprint density at radius 3 is 2.37 bits per heavy atom. The van der Waals surface area contributed by atoms with Gasteiger partial charge in [-0.25, -0.2) is 0 Å². The lowest BCUT2D eigenvalue weighted by Crippen LogP contribution is -2.39. The molecule has 0 aliphatic carbocycles. The molecule has 0 radical (unpaired) electrons. The molecule has 5 nitrogen and oxygen atoms in total. The fraction of sp³-hybridized carbons (Fsp3) is 0.632. The number of guanidine groups is 1. The average Bonchev–Trinajstić information content (AvgIpc) is 2.61. The lowest BCUT2D eigenvalue weighted by atomic mass is 10.1. The molecular formula is C19H30F3N3O2. The first-order valence-electron chi connectivity index (χ1n) is 9.05. The van der Waals surface area contributed by atoms with Crippen LogP contribution in [0.25, 0.3) is 0 Å². The summed E-state index contributed by atoms with van der Waals surface area (Å²) >= 11 is 0. The van der Waals surface area contributed by atoms with E-state index in [9.17, 15) is 13.2 Å². The van der Waals surface area contributed by atoms with E-state index in [1.807, 2.05) is 31.2 Å². The fourth-order valence-electron chi connectivity index (χ4n) is 2.17. The van der Waals surface area contributed by atoms with Crippen LogP contribution in [0.15, 0.2) is 29.3 Å². The van der Waals surface area contributed by atoms with Crippen molar-refractivity contribution in [3.05, 3.63) is 29.8 Å². The zero-order valence-corrected chi connectivity index (χ0v) is 16.4. The summed E-state index contributed by atoms with van der Waals surface area (Å²) in [5.41, 5.74) is 1.07. The summed E-state index contributed by atoms with van der Waals surface area (Å²) in [6, 6.07) is 7.86. The van der Waals surface area contributed by atoms with Crippen LogP contribution in [0, 0.1) is 5.92 Å². The number of ether oxygens (including phenoxy) is 2. The molecule has 1 aromatic rings. The zero-order valence-electron chi connectivity index (χ0n) is 16.4. The Morgan fingerprint density at radius 2 is 1.81 bits per heavy atom. The van der Waals surface area contributed by atoms with Crippen molar-refractivity contribution in [2.75, 3.05) is 33.4 Å². The topological polar surface area (TPSA) is 54.9 Å². The quantitative estimate of drug-likeness (QED) is 0.362. The van der Waals surface area contributed by atoms with Gasteiger partial charge in [0.1, 0.15) is 12.4 Å². The van der Waals surface area contributed by atoms with Crippen LogP contribution < -0.4 is 15.4 Å². The van der Waals surface area contributed by atoms with Crippen molar-refractivity contribution in [1.29, 1.82) is 0 Å². The molecule has 0 aromatic heterocycles. The summed E-state index contributed by atoms with van der Waals surface area (Å²) in [6.45, 7) is 6.17. The van der Waals surface area contributed by atoms with Crippen molar-refractivity contribution in [2.24, 2.45) is 10.9 Å². The van der Waals surface area contributed by atoms with Gasteiger partial charge in [-0.15, -0.1) is 0 Å². The fourth-order valence-corrected chi connectivity index (χ4v) is 2.17. The largest absolute Gasteiger partial charge is 0.493 e. The molecule has 0 aliphatic rings. The molecule has 0 bridgehead atoms. The standard InChI is InChI=1S/C19H30F3N3O2/c1-14(2)12-27-17-8-6-16(7-9-17)15(3)25-18(23-4)24-10-5-11-26-13-19(20,21)22/h6-9,14-15H,5,10-13H2,1-4H3,(H2,23,24,25). The number of hydrogen-bond acceptors (Lipinski definition) is 3. The first-order chi connectivity index (χ1) is 12.7. The summed E-state index contributed by atoms with van der Waals surface area (Å²) in [5.74, 6) is 1.89. The predicted octanol–water partition coefficient (Wildman–Crippen LogP) is 3.92. The number of nitrogens with one attached hydrogen (secondary N) is 2. The van der Waals surface area contributed by atoms with E-state index in [0.29, 0.717) is 31.4 Å². The lowest BCUT2D eigenvalue weighted by Gasteiger charge is -2.19. The summed E-state index contributed by atoms with van der Waals surface area (Å²) in [5, 5.41) is 6.31. The summed E-state index contributed by atoms with van der Waals surface area (Å²) in [7, 11) is 1.64. The zero-order chi connectivity index (χ0) is 20.3. The smallest absolute Gasteiger partial charge is 0.411 e. The molecule has 0 saturated carbocycles. The van der Waals surface area contributed by atoms with E-state index in [1.54, 1.807) is 7.05 Å². The van der Waals surface area contributed by atoms with Gasteiger partial charge in [0.2, 0.25) is 0 Å². The van der Waals surface area contributed by atoms with E-state index >= 15 is 0 Å². The molecule has 1 rings (SSSR count). The van der Waals surface area contributed by atoms with Crippen LogP contribution in [0.4, 0.5) is 13.2 Å². The highest BCUT2D eigenvalue weighted by Gasteiger charge is 2.27. The molecule has 2 N–H and O–H groups in total. The minimum absolute atomic E-state index is 0.0110. The van der Waals surface area contributed by atoms with Crippen molar-refractivity contribution in [2.45, 2.75) is 39.4 Å². The summed E-state index contributed by atoms with van der Waals surface area (Å²) < 4.78 is 46.2. The van der Waals surface area contributed by atoms with Crippen molar-refractivity contribution in [3.8, 4) is 5.75 Å². The van der Waals surface area contributed by atoms with Crippen LogP contribution >= 0.6 is 0 Å². The molecule has 0 aliphatic heterocycles. The lowest BCUT2D eigenvalue weighted by molar-refractivity contribution is -0.173. The third-order valence-corrected chi connectivity index (χ3v) is 3.56. The summed E-state index contributed by atoms with van der Waals surface area (Å²) in [6.07, 6.45) is -3.83. The normalized spacial score (nSPS) is 13.6. The van der Waals surface area contributed by atoms with E-state index in [4.69, 9.17) is 4.74 Å². The van der Waals surface area contributed by atoms with Crippen LogP contribution in [0.1, 0.15) is 38.8 Å². The second kappa shape index (κ2) is 11.7. The Balaban J connectivity index is 2.35. The molecule has 8 heteroatoms. The van der Waals surface area contributed by atoms with Gasteiger partial charge in [0.15, 0.2) is 5.96 Å². The maximum absolute atomic E-state index is 12.0. The van der Waals surface area contributed by atoms with E-state index < -0.39 is 12.8 Å². The van der Waals surface area contributed by atoms with Gasteiger partial charge in [0.25, 0.3) is 0 Å². The molecule has 0 spiro atoms. The van der Waals surface area contributed by atoms with E-state index in [2.05, 4.69) is 34.2 Å². The molecule has 1 atom stereocenters. The first-order valence-corrected chi connectivity index (χ1v) is 9.05. The van der Waals surface area contributed by atoms with Crippen molar-refractivity contribution in [3.63, 3.8) is 0 Å². The third kappa shape index (κ3) is 10.7. The highest BCUT2D eigenvalue weighted by Crippen LogP contribution is 2.18. The van der Waals surface area contributed by atoms with Crippen molar-refractivity contribution >= 4 is 5.96 Å². The Morgan fingerprint density at radius 1 is 1.15 bits per heavy atom.